The number of carboxylic acid groups (broad SMARTS) is 1. The predicted octanol–water partition coefficient (Wildman–Crippen LogP) is 1.24. The van der Waals surface area contributed by atoms with Gasteiger partial charge in [-0.3, -0.25) is 0 Å². The third kappa shape index (κ3) is 3.91. The topological polar surface area (TPSA) is 101 Å². The van der Waals surface area contributed by atoms with E-state index in [0.29, 0.717) is 24.1 Å². The van der Waals surface area contributed by atoms with Gasteiger partial charge < -0.3 is 20.5 Å². The summed E-state index contributed by atoms with van der Waals surface area (Å²) in [6.45, 7) is 3.78. The molecule has 1 fully saturated rings. The van der Waals surface area contributed by atoms with Crippen LogP contribution in [-0.4, -0.2) is 41.8 Å². The normalized spacial score (nSPS) is 19.6. The van der Waals surface area contributed by atoms with Gasteiger partial charge in [-0.2, -0.15) is 0 Å². The zero-order valence-electron chi connectivity index (χ0n) is 11.1. The molecular weight excluding hydrogens is 282 g/mol. The first-order valence-corrected chi connectivity index (χ1v) is 7.25. The van der Waals surface area contributed by atoms with E-state index < -0.39 is 5.97 Å². The van der Waals surface area contributed by atoms with Crippen molar-refractivity contribution in [2.75, 3.05) is 19.8 Å². The Kier molecular flexibility index (Phi) is 4.91. The van der Waals surface area contributed by atoms with Crippen molar-refractivity contribution in [3.05, 3.63) is 16.1 Å². The molecule has 1 saturated heterocycles. The molecule has 2 amide bonds. The monoisotopic (exact) mass is 299 g/mol. The fourth-order valence-corrected chi connectivity index (χ4v) is 2.68. The average molecular weight is 299 g/mol. The van der Waals surface area contributed by atoms with Gasteiger partial charge in [-0.25, -0.2) is 14.6 Å². The summed E-state index contributed by atoms with van der Waals surface area (Å²) in [4.78, 5) is 26.4. The minimum atomic E-state index is -1.06. The van der Waals surface area contributed by atoms with Gasteiger partial charge >= 0.3 is 12.0 Å². The first kappa shape index (κ1) is 14.7. The highest BCUT2D eigenvalue weighted by Crippen LogP contribution is 2.18. The van der Waals surface area contributed by atoms with Gasteiger partial charge in [-0.1, -0.05) is 0 Å². The van der Waals surface area contributed by atoms with Crippen LogP contribution in [0.2, 0.25) is 0 Å². The van der Waals surface area contributed by atoms with Crippen LogP contribution in [0.25, 0.3) is 0 Å². The van der Waals surface area contributed by atoms with Gasteiger partial charge in [0.25, 0.3) is 0 Å². The third-order valence-electron chi connectivity index (χ3n) is 3.03. The second-order valence-electron chi connectivity index (χ2n) is 4.68. The van der Waals surface area contributed by atoms with Gasteiger partial charge in [-0.15, -0.1) is 11.3 Å². The lowest BCUT2D eigenvalue weighted by Crippen LogP contribution is -2.39. The molecule has 0 saturated carbocycles. The van der Waals surface area contributed by atoms with Crippen molar-refractivity contribution in [2.24, 2.45) is 5.92 Å². The summed E-state index contributed by atoms with van der Waals surface area (Å²) in [5.41, 5.74) is 0.00200. The van der Waals surface area contributed by atoms with Crippen LogP contribution >= 0.6 is 11.3 Å². The van der Waals surface area contributed by atoms with E-state index in [1.807, 2.05) is 0 Å². The Morgan fingerprint density at radius 2 is 2.45 bits per heavy atom. The average Bonchev–Trinajstić information content (AvgIpc) is 3.07. The summed E-state index contributed by atoms with van der Waals surface area (Å²) in [6.07, 6.45) is 0.963. The molecule has 0 bridgehead atoms. The number of aromatic nitrogens is 1. The third-order valence-corrected chi connectivity index (χ3v) is 4.06. The number of carbonyl (C=O) groups excluding carboxylic acids is 1. The number of carbonyl (C=O) groups is 2. The quantitative estimate of drug-likeness (QED) is 0.759. The highest BCUT2D eigenvalue weighted by Gasteiger charge is 2.18. The molecule has 1 aliphatic heterocycles. The number of thiazole rings is 1. The number of hydrogen-bond donors (Lipinski definition) is 3. The Bertz CT molecular complexity index is 485. The fraction of sp³-hybridized carbons (Fsp3) is 0.583. The van der Waals surface area contributed by atoms with E-state index in [-0.39, 0.29) is 17.8 Å². The van der Waals surface area contributed by atoms with Crippen LogP contribution in [0.15, 0.2) is 5.38 Å². The number of rotatable bonds is 5. The maximum Gasteiger partial charge on any atom is 0.355 e. The SMILES string of the molecule is CC(NC(=O)NCC1CCOC1)c1nc(C(=O)O)cs1. The molecule has 20 heavy (non-hydrogen) atoms. The number of nitrogens with one attached hydrogen (secondary N) is 2. The van der Waals surface area contributed by atoms with Gasteiger partial charge in [0.2, 0.25) is 0 Å². The van der Waals surface area contributed by atoms with Crippen LogP contribution in [0, 0.1) is 5.92 Å². The maximum absolute atomic E-state index is 11.7. The van der Waals surface area contributed by atoms with Crippen molar-refractivity contribution in [3.63, 3.8) is 0 Å². The fourth-order valence-electron chi connectivity index (χ4n) is 1.88. The molecule has 110 valence electrons. The Labute approximate surface area is 120 Å². The van der Waals surface area contributed by atoms with Crippen molar-refractivity contribution in [3.8, 4) is 0 Å². The van der Waals surface area contributed by atoms with E-state index in [4.69, 9.17) is 9.84 Å². The van der Waals surface area contributed by atoms with Crippen LogP contribution in [-0.2, 0) is 4.74 Å². The van der Waals surface area contributed by atoms with Crippen molar-refractivity contribution < 1.29 is 19.4 Å². The van der Waals surface area contributed by atoms with Crippen LogP contribution < -0.4 is 10.6 Å². The molecule has 0 aliphatic carbocycles. The van der Waals surface area contributed by atoms with E-state index in [9.17, 15) is 9.59 Å². The van der Waals surface area contributed by atoms with Crippen LogP contribution in [0.4, 0.5) is 4.79 Å². The van der Waals surface area contributed by atoms with E-state index in [1.54, 1.807) is 6.92 Å². The maximum atomic E-state index is 11.7. The lowest BCUT2D eigenvalue weighted by Gasteiger charge is -2.14. The number of amides is 2. The molecule has 1 aromatic rings. The highest BCUT2D eigenvalue weighted by atomic mass is 32.1. The number of urea groups is 1. The number of carboxylic acids is 1. The molecule has 8 heteroatoms. The second-order valence-corrected chi connectivity index (χ2v) is 5.57. The smallest absolute Gasteiger partial charge is 0.355 e. The van der Waals surface area contributed by atoms with Crippen LogP contribution in [0.3, 0.4) is 0 Å². The number of aromatic carboxylic acids is 1. The van der Waals surface area contributed by atoms with Crippen molar-refractivity contribution in [1.82, 2.24) is 15.6 Å². The standard InChI is InChI=1S/C12H17N3O4S/c1-7(10-15-9(6-20-10)11(16)17)14-12(18)13-4-8-2-3-19-5-8/h6-8H,2-5H2,1H3,(H,16,17)(H2,13,14,18). The number of hydrogen-bond acceptors (Lipinski definition) is 5. The number of ether oxygens (including phenoxy) is 1. The predicted molar refractivity (Wildman–Crippen MR) is 72.9 cm³/mol. The summed E-state index contributed by atoms with van der Waals surface area (Å²) >= 11 is 1.22. The largest absolute Gasteiger partial charge is 0.476 e. The molecule has 2 rings (SSSR count). The summed E-state index contributed by atoms with van der Waals surface area (Å²) in [7, 11) is 0. The van der Waals surface area contributed by atoms with Gasteiger partial charge in [-0.05, 0) is 13.3 Å². The number of nitrogens with zero attached hydrogens (tertiary/aromatic N) is 1. The molecule has 2 unspecified atom stereocenters. The summed E-state index contributed by atoms with van der Waals surface area (Å²) < 4.78 is 5.23. The molecule has 2 atom stereocenters. The molecule has 2 heterocycles. The van der Waals surface area contributed by atoms with Crippen LogP contribution in [0.1, 0.15) is 34.9 Å². The lowest BCUT2D eigenvalue weighted by atomic mass is 10.1. The Balaban J connectivity index is 1.78. The second kappa shape index (κ2) is 6.67. The van der Waals surface area contributed by atoms with E-state index in [2.05, 4.69) is 15.6 Å². The first-order valence-electron chi connectivity index (χ1n) is 6.37. The molecule has 1 aromatic heterocycles. The van der Waals surface area contributed by atoms with E-state index in [1.165, 1.54) is 16.7 Å². The Morgan fingerprint density at radius 3 is 3.05 bits per heavy atom. The summed E-state index contributed by atoms with van der Waals surface area (Å²) in [5, 5.41) is 16.4. The van der Waals surface area contributed by atoms with Gasteiger partial charge in [0, 0.05) is 24.4 Å². The molecule has 0 aromatic carbocycles. The van der Waals surface area contributed by atoms with E-state index in [0.717, 1.165) is 13.0 Å². The summed E-state index contributed by atoms with van der Waals surface area (Å²) in [5.74, 6) is -0.695. The molecular formula is C12H17N3O4S. The zero-order chi connectivity index (χ0) is 14.5. The minimum Gasteiger partial charge on any atom is -0.476 e. The van der Waals surface area contributed by atoms with Crippen LogP contribution in [0.5, 0.6) is 0 Å². The highest BCUT2D eigenvalue weighted by molar-refractivity contribution is 7.09. The van der Waals surface area contributed by atoms with Crippen molar-refractivity contribution >= 4 is 23.3 Å². The van der Waals surface area contributed by atoms with Crippen molar-refractivity contribution in [1.29, 1.82) is 0 Å². The first-order chi connectivity index (χ1) is 9.56. The Morgan fingerprint density at radius 1 is 1.65 bits per heavy atom. The molecule has 1 aliphatic rings. The van der Waals surface area contributed by atoms with Crippen molar-refractivity contribution in [2.45, 2.75) is 19.4 Å². The Hall–Kier alpha value is -1.67. The lowest BCUT2D eigenvalue weighted by molar-refractivity contribution is 0.0691. The van der Waals surface area contributed by atoms with Gasteiger partial charge in [0.05, 0.1) is 12.6 Å². The van der Waals surface area contributed by atoms with E-state index >= 15 is 0 Å². The molecule has 3 N–H and O–H groups in total. The zero-order valence-corrected chi connectivity index (χ0v) is 11.9. The molecule has 0 spiro atoms. The molecule has 7 nitrogen and oxygen atoms in total. The van der Waals surface area contributed by atoms with Gasteiger partial charge in [0.15, 0.2) is 5.69 Å². The summed E-state index contributed by atoms with van der Waals surface area (Å²) in [6, 6.07) is -0.607. The van der Waals surface area contributed by atoms with Gasteiger partial charge in [0.1, 0.15) is 5.01 Å². The minimum absolute atomic E-state index is 0.00200. The molecule has 0 radical (unpaired) electrons.